The second-order valence-corrected chi connectivity index (χ2v) is 7.24. The monoisotopic (exact) mass is 363 g/mol. The van der Waals surface area contributed by atoms with Gasteiger partial charge in [-0.05, 0) is 49.4 Å². The molecule has 6 nitrogen and oxygen atoms in total. The number of fused-ring (bicyclic) bond motifs is 1. The van der Waals surface area contributed by atoms with E-state index in [1.165, 1.54) is 16.5 Å². The Morgan fingerprint density at radius 3 is 2.93 bits per heavy atom. The molecule has 1 saturated heterocycles. The minimum atomic E-state index is 0.0341. The van der Waals surface area contributed by atoms with Gasteiger partial charge in [-0.25, -0.2) is 14.8 Å². The minimum absolute atomic E-state index is 0.0341. The van der Waals surface area contributed by atoms with Crippen molar-refractivity contribution in [1.82, 2.24) is 25.2 Å². The van der Waals surface area contributed by atoms with E-state index in [4.69, 9.17) is 0 Å². The fraction of sp³-hybridized carbons (Fsp3) is 0.381. The van der Waals surface area contributed by atoms with Gasteiger partial charge in [-0.3, -0.25) is 0 Å². The van der Waals surface area contributed by atoms with Crippen LogP contribution in [-0.2, 0) is 6.42 Å². The number of nitrogens with one attached hydrogen (secondary N) is 2. The Kier molecular flexibility index (Phi) is 5.05. The van der Waals surface area contributed by atoms with E-state index >= 15 is 0 Å². The Bertz CT molecular complexity index is 913. The summed E-state index contributed by atoms with van der Waals surface area (Å²) in [6.07, 6.45) is 8.15. The van der Waals surface area contributed by atoms with Crippen LogP contribution < -0.4 is 5.32 Å². The fourth-order valence-electron chi connectivity index (χ4n) is 3.84. The number of nitrogens with zero attached hydrogens (tertiary/aromatic N) is 3. The number of benzene rings is 1. The van der Waals surface area contributed by atoms with E-state index in [1.54, 1.807) is 12.5 Å². The molecular weight excluding hydrogens is 338 g/mol. The number of urea groups is 1. The highest BCUT2D eigenvalue weighted by atomic mass is 16.2. The van der Waals surface area contributed by atoms with Gasteiger partial charge in [0.15, 0.2) is 0 Å². The van der Waals surface area contributed by atoms with Gasteiger partial charge in [0.05, 0.1) is 0 Å². The van der Waals surface area contributed by atoms with Crippen LogP contribution in [0.5, 0.6) is 0 Å². The lowest BCUT2D eigenvalue weighted by Gasteiger charge is -2.31. The van der Waals surface area contributed by atoms with Gasteiger partial charge < -0.3 is 15.2 Å². The maximum absolute atomic E-state index is 12.5. The maximum Gasteiger partial charge on any atom is 0.317 e. The van der Waals surface area contributed by atoms with E-state index in [9.17, 15) is 4.79 Å². The number of likely N-dealkylation sites (tertiary alicyclic amines) is 1. The summed E-state index contributed by atoms with van der Waals surface area (Å²) < 4.78 is 0. The summed E-state index contributed by atoms with van der Waals surface area (Å²) >= 11 is 0. The lowest BCUT2D eigenvalue weighted by atomic mass is 9.93. The molecule has 0 atom stereocenters. The summed E-state index contributed by atoms with van der Waals surface area (Å²) in [6.45, 7) is 4.28. The van der Waals surface area contributed by atoms with Crippen LogP contribution in [0.3, 0.4) is 0 Å². The van der Waals surface area contributed by atoms with Crippen LogP contribution >= 0.6 is 0 Å². The number of carbonyl (C=O) groups is 1. The van der Waals surface area contributed by atoms with Gasteiger partial charge in [-0.2, -0.15) is 0 Å². The molecular formula is C21H25N5O. The molecule has 1 fully saturated rings. The van der Waals surface area contributed by atoms with E-state index in [0.29, 0.717) is 12.5 Å². The van der Waals surface area contributed by atoms with Crippen LogP contribution in [0.1, 0.15) is 35.6 Å². The molecule has 6 heteroatoms. The molecule has 140 valence electrons. The third-order valence-electron chi connectivity index (χ3n) is 5.40. The molecule has 4 rings (SSSR count). The van der Waals surface area contributed by atoms with Crippen molar-refractivity contribution in [1.29, 1.82) is 0 Å². The summed E-state index contributed by atoms with van der Waals surface area (Å²) in [4.78, 5) is 26.0. The highest BCUT2D eigenvalue weighted by Crippen LogP contribution is 2.26. The second-order valence-electron chi connectivity index (χ2n) is 7.24. The standard InChI is InChI=1S/C21H25N5O/c1-15-2-3-18-17(13-24-20(18)12-15)4-9-23-21(27)26-10-6-16(7-11-26)19-5-8-22-14-25-19/h2-3,5,8,12-14,16,24H,4,6-7,9-11H2,1H3,(H,23,27). The smallest absolute Gasteiger partial charge is 0.317 e. The van der Waals surface area contributed by atoms with Crippen LogP contribution in [0.2, 0.25) is 0 Å². The SMILES string of the molecule is Cc1ccc2c(CCNC(=O)N3CCC(c4ccncn4)CC3)c[nH]c2c1. The Balaban J connectivity index is 1.26. The van der Waals surface area contributed by atoms with E-state index in [0.717, 1.165) is 43.6 Å². The highest BCUT2D eigenvalue weighted by molar-refractivity contribution is 5.84. The second kappa shape index (κ2) is 7.78. The van der Waals surface area contributed by atoms with Crippen molar-refractivity contribution in [3.05, 3.63) is 59.8 Å². The number of carbonyl (C=O) groups excluding carboxylic acids is 1. The Labute approximate surface area is 159 Å². The summed E-state index contributed by atoms with van der Waals surface area (Å²) in [5, 5.41) is 4.31. The number of rotatable bonds is 4. The van der Waals surface area contributed by atoms with Gasteiger partial charge in [-0.1, -0.05) is 12.1 Å². The molecule has 0 spiro atoms. The zero-order valence-corrected chi connectivity index (χ0v) is 15.6. The molecule has 0 radical (unpaired) electrons. The molecule has 0 aliphatic carbocycles. The number of H-pyrrole nitrogens is 1. The van der Waals surface area contributed by atoms with Gasteiger partial charge >= 0.3 is 6.03 Å². The van der Waals surface area contributed by atoms with Crippen LogP contribution in [-0.4, -0.2) is 45.5 Å². The normalized spacial score (nSPS) is 15.2. The number of aromatic amines is 1. The molecule has 1 aliphatic heterocycles. The fourth-order valence-corrected chi connectivity index (χ4v) is 3.84. The third-order valence-corrected chi connectivity index (χ3v) is 5.40. The molecule has 2 amide bonds. The van der Waals surface area contributed by atoms with Gasteiger partial charge in [0.25, 0.3) is 0 Å². The van der Waals surface area contributed by atoms with Crippen molar-refractivity contribution in [2.75, 3.05) is 19.6 Å². The molecule has 0 saturated carbocycles. The van der Waals surface area contributed by atoms with Crippen molar-refractivity contribution in [2.24, 2.45) is 0 Å². The Morgan fingerprint density at radius 1 is 1.30 bits per heavy atom. The van der Waals surface area contributed by atoms with Crippen molar-refractivity contribution in [3.63, 3.8) is 0 Å². The zero-order chi connectivity index (χ0) is 18.6. The number of amides is 2. The van der Waals surface area contributed by atoms with Crippen molar-refractivity contribution in [2.45, 2.75) is 32.1 Å². The predicted molar refractivity (Wildman–Crippen MR) is 106 cm³/mol. The Morgan fingerprint density at radius 2 is 2.15 bits per heavy atom. The minimum Gasteiger partial charge on any atom is -0.361 e. The number of aryl methyl sites for hydroxylation is 1. The van der Waals surface area contributed by atoms with Crippen LogP contribution in [0.4, 0.5) is 4.79 Å². The van der Waals surface area contributed by atoms with Crippen molar-refractivity contribution < 1.29 is 4.79 Å². The third kappa shape index (κ3) is 3.94. The topological polar surface area (TPSA) is 73.9 Å². The first-order valence-corrected chi connectivity index (χ1v) is 9.56. The van der Waals surface area contributed by atoms with E-state index in [2.05, 4.69) is 45.4 Å². The van der Waals surface area contributed by atoms with E-state index < -0.39 is 0 Å². The predicted octanol–water partition coefficient (Wildman–Crippen LogP) is 3.40. The van der Waals surface area contributed by atoms with Gasteiger partial charge in [0, 0.05) is 54.5 Å². The van der Waals surface area contributed by atoms with Gasteiger partial charge in [0.1, 0.15) is 6.33 Å². The van der Waals surface area contributed by atoms with Gasteiger partial charge in [0.2, 0.25) is 0 Å². The van der Waals surface area contributed by atoms with Crippen LogP contribution in [0, 0.1) is 6.92 Å². The number of piperidine rings is 1. The molecule has 2 aromatic heterocycles. The Hall–Kier alpha value is -2.89. The summed E-state index contributed by atoms with van der Waals surface area (Å²) in [6, 6.07) is 8.44. The first-order chi connectivity index (χ1) is 13.2. The average Bonchev–Trinajstić information content (AvgIpc) is 3.10. The van der Waals surface area contributed by atoms with E-state index in [1.807, 2.05) is 17.2 Å². The van der Waals surface area contributed by atoms with Crippen molar-refractivity contribution >= 4 is 16.9 Å². The largest absolute Gasteiger partial charge is 0.361 e. The molecule has 0 unspecified atom stereocenters. The summed E-state index contributed by atoms with van der Waals surface area (Å²) in [5.41, 5.74) is 4.73. The molecule has 3 aromatic rings. The van der Waals surface area contributed by atoms with E-state index in [-0.39, 0.29) is 6.03 Å². The lowest BCUT2D eigenvalue weighted by molar-refractivity contribution is 0.181. The number of aromatic nitrogens is 3. The first-order valence-electron chi connectivity index (χ1n) is 9.56. The average molecular weight is 363 g/mol. The summed E-state index contributed by atoms with van der Waals surface area (Å²) in [7, 11) is 0. The van der Waals surface area contributed by atoms with Crippen LogP contribution in [0.25, 0.3) is 10.9 Å². The first kappa shape index (κ1) is 17.5. The highest BCUT2D eigenvalue weighted by Gasteiger charge is 2.24. The quantitative estimate of drug-likeness (QED) is 0.746. The van der Waals surface area contributed by atoms with Crippen LogP contribution in [0.15, 0.2) is 43.0 Å². The lowest BCUT2D eigenvalue weighted by Crippen LogP contribution is -2.44. The number of hydrogen-bond donors (Lipinski definition) is 2. The molecule has 1 aromatic carbocycles. The zero-order valence-electron chi connectivity index (χ0n) is 15.6. The number of hydrogen-bond acceptors (Lipinski definition) is 3. The molecule has 1 aliphatic rings. The molecule has 2 N–H and O–H groups in total. The maximum atomic E-state index is 12.5. The molecule has 3 heterocycles. The molecule has 27 heavy (non-hydrogen) atoms. The van der Waals surface area contributed by atoms with Gasteiger partial charge in [-0.15, -0.1) is 0 Å². The summed E-state index contributed by atoms with van der Waals surface area (Å²) in [5.74, 6) is 0.423. The molecule has 0 bridgehead atoms. The van der Waals surface area contributed by atoms with Crippen molar-refractivity contribution in [3.8, 4) is 0 Å².